The summed E-state index contributed by atoms with van der Waals surface area (Å²) in [5, 5.41) is 12.3. The molecule has 0 spiro atoms. The summed E-state index contributed by atoms with van der Waals surface area (Å²) < 4.78 is 7.54. The third kappa shape index (κ3) is 5.14. The molecule has 1 N–H and O–H groups in total. The Morgan fingerprint density at radius 3 is 2.44 bits per heavy atom. The molecule has 1 unspecified atom stereocenters. The SMILES string of the molecule is CCc1ccc(NC(=O)C(C)Sc2nnc(N3CCOCC3)n2-c2ccc(C)cc2)cc1. The number of nitrogens with zero attached hydrogens (tertiary/aromatic N) is 4. The Hall–Kier alpha value is -2.84. The molecule has 1 amide bonds. The van der Waals surface area contributed by atoms with E-state index in [-0.39, 0.29) is 11.2 Å². The van der Waals surface area contributed by atoms with Gasteiger partial charge in [-0.05, 0) is 50.1 Å². The van der Waals surface area contributed by atoms with E-state index < -0.39 is 0 Å². The fraction of sp³-hybridized carbons (Fsp3) is 0.375. The van der Waals surface area contributed by atoms with E-state index in [4.69, 9.17) is 4.74 Å². The van der Waals surface area contributed by atoms with Gasteiger partial charge in [-0.15, -0.1) is 10.2 Å². The zero-order valence-electron chi connectivity index (χ0n) is 18.7. The van der Waals surface area contributed by atoms with E-state index in [2.05, 4.69) is 58.5 Å². The summed E-state index contributed by atoms with van der Waals surface area (Å²) >= 11 is 1.41. The van der Waals surface area contributed by atoms with E-state index in [1.807, 2.05) is 35.8 Å². The molecule has 4 rings (SSSR count). The lowest BCUT2D eigenvalue weighted by Crippen LogP contribution is -2.38. The summed E-state index contributed by atoms with van der Waals surface area (Å²) in [4.78, 5) is 15.0. The molecule has 0 aliphatic carbocycles. The van der Waals surface area contributed by atoms with Crippen molar-refractivity contribution in [2.75, 3.05) is 36.5 Å². The van der Waals surface area contributed by atoms with Crippen molar-refractivity contribution in [3.8, 4) is 5.69 Å². The first-order valence-corrected chi connectivity index (χ1v) is 11.8. The molecule has 0 saturated carbocycles. The number of aromatic nitrogens is 3. The van der Waals surface area contributed by atoms with Gasteiger partial charge in [0.1, 0.15) is 0 Å². The van der Waals surface area contributed by atoms with E-state index >= 15 is 0 Å². The molecule has 0 bridgehead atoms. The summed E-state index contributed by atoms with van der Waals surface area (Å²) in [6.07, 6.45) is 0.973. The molecule has 7 nitrogen and oxygen atoms in total. The van der Waals surface area contributed by atoms with Crippen LogP contribution in [0.2, 0.25) is 0 Å². The molecule has 0 radical (unpaired) electrons. The van der Waals surface area contributed by atoms with Crippen molar-refractivity contribution in [3.05, 3.63) is 59.7 Å². The fourth-order valence-electron chi connectivity index (χ4n) is 3.51. The van der Waals surface area contributed by atoms with Crippen LogP contribution in [0.4, 0.5) is 11.6 Å². The van der Waals surface area contributed by atoms with Gasteiger partial charge in [-0.1, -0.05) is 48.5 Å². The maximum atomic E-state index is 12.9. The maximum Gasteiger partial charge on any atom is 0.237 e. The number of hydrogen-bond acceptors (Lipinski definition) is 6. The van der Waals surface area contributed by atoms with Crippen LogP contribution in [0, 0.1) is 6.92 Å². The molecule has 2 aromatic carbocycles. The highest BCUT2D eigenvalue weighted by Gasteiger charge is 2.25. The van der Waals surface area contributed by atoms with Crippen LogP contribution >= 0.6 is 11.8 Å². The smallest absolute Gasteiger partial charge is 0.237 e. The Morgan fingerprint density at radius 1 is 1.09 bits per heavy atom. The van der Waals surface area contributed by atoms with Crippen LogP contribution < -0.4 is 10.2 Å². The van der Waals surface area contributed by atoms with Crippen molar-refractivity contribution >= 4 is 29.3 Å². The minimum atomic E-state index is -0.341. The third-order valence-corrected chi connectivity index (χ3v) is 6.53. The molecule has 3 aromatic rings. The van der Waals surface area contributed by atoms with Crippen LogP contribution in [0.25, 0.3) is 5.69 Å². The molecule has 1 aromatic heterocycles. The molecule has 1 aliphatic heterocycles. The predicted octanol–water partition coefficient (Wildman–Crippen LogP) is 4.09. The number of benzene rings is 2. The number of carbonyl (C=O) groups is 1. The molecule has 1 saturated heterocycles. The molecule has 168 valence electrons. The van der Waals surface area contributed by atoms with Crippen molar-refractivity contribution in [2.45, 2.75) is 37.6 Å². The Bertz CT molecular complexity index is 1040. The van der Waals surface area contributed by atoms with E-state index in [1.54, 1.807) is 0 Å². The van der Waals surface area contributed by atoms with Gasteiger partial charge in [0.2, 0.25) is 11.9 Å². The lowest BCUT2D eigenvalue weighted by molar-refractivity contribution is -0.115. The summed E-state index contributed by atoms with van der Waals surface area (Å²) in [5.74, 6) is 0.716. The van der Waals surface area contributed by atoms with Crippen molar-refractivity contribution in [1.82, 2.24) is 14.8 Å². The number of thioether (sulfide) groups is 1. The summed E-state index contributed by atoms with van der Waals surface area (Å²) in [6, 6.07) is 16.2. The average Bonchev–Trinajstić information content (AvgIpc) is 3.24. The molecule has 1 atom stereocenters. The largest absolute Gasteiger partial charge is 0.378 e. The number of carbonyl (C=O) groups excluding carboxylic acids is 1. The number of rotatable bonds is 7. The summed E-state index contributed by atoms with van der Waals surface area (Å²) in [6.45, 7) is 8.92. The highest BCUT2D eigenvalue weighted by atomic mass is 32.2. The van der Waals surface area contributed by atoms with Crippen LogP contribution in [0.5, 0.6) is 0 Å². The summed E-state index contributed by atoms with van der Waals surface area (Å²) in [7, 11) is 0. The highest BCUT2D eigenvalue weighted by molar-refractivity contribution is 8.00. The number of amides is 1. The summed E-state index contributed by atoms with van der Waals surface area (Å²) in [5.41, 5.74) is 4.21. The van der Waals surface area contributed by atoms with Gasteiger partial charge >= 0.3 is 0 Å². The first kappa shape index (κ1) is 22.4. The Morgan fingerprint density at radius 2 is 1.78 bits per heavy atom. The molecule has 1 fully saturated rings. The number of nitrogens with one attached hydrogen (secondary N) is 1. The van der Waals surface area contributed by atoms with Crippen molar-refractivity contribution in [3.63, 3.8) is 0 Å². The van der Waals surface area contributed by atoms with Crippen LogP contribution in [0.1, 0.15) is 25.0 Å². The van der Waals surface area contributed by atoms with E-state index in [9.17, 15) is 4.79 Å². The van der Waals surface area contributed by atoms with Gasteiger partial charge < -0.3 is 15.0 Å². The molecule has 32 heavy (non-hydrogen) atoms. The topological polar surface area (TPSA) is 72.3 Å². The molecule has 1 aliphatic rings. The highest BCUT2D eigenvalue weighted by Crippen LogP contribution is 2.30. The van der Waals surface area contributed by atoms with Crippen LogP contribution in [-0.2, 0) is 16.0 Å². The second-order valence-electron chi connectivity index (χ2n) is 7.85. The van der Waals surface area contributed by atoms with Gasteiger partial charge in [-0.25, -0.2) is 0 Å². The quantitative estimate of drug-likeness (QED) is 0.546. The molecular weight excluding hydrogens is 422 g/mol. The van der Waals surface area contributed by atoms with E-state index in [0.717, 1.165) is 36.8 Å². The van der Waals surface area contributed by atoms with Gasteiger partial charge in [0.15, 0.2) is 5.16 Å². The number of hydrogen-bond donors (Lipinski definition) is 1. The Labute approximate surface area is 193 Å². The first-order chi connectivity index (χ1) is 15.5. The average molecular weight is 452 g/mol. The zero-order chi connectivity index (χ0) is 22.5. The van der Waals surface area contributed by atoms with Gasteiger partial charge in [-0.3, -0.25) is 9.36 Å². The lowest BCUT2D eigenvalue weighted by atomic mass is 10.1. The third-order valence-electron chi connectivity index (χ3n) is 5.48. The molecule has 8 heteroatoms. The van der Waals surface area contributed by atoms with Crippen molar-refractivity contribution in [1.29, 1.82) is 0 Å². The monoisotopic (exact) mass is 451 g/mol. The minimum absolute atomic E-state index is 0.0642. The Balaban J connectivity index is 1.55. The zero-order valence-corrected chi connectivity index (χ0v) is 19.6. The predicted molar refractivity (Wildman–Crippen MR) is 129 cm³/mol. The number of ether oxygens (including phenoxy) is 1. The van der Waals surface area contributed by atoms with E-state index in [0.29, 0.717) is 18.4 Å². The second-order valence-corrected chi connectivity index (χ2v) is 9.16. The van der Waals surface area contributed by atoms with Crippen LogP contribution in [0.3, 0.4) is 0 Å². The van der Waals surface area contributed by atoms with Gasteiger partial charge in [0.05, 0.1) is 24.2 Å². The fourth-order valence-corrected chi connectivity index (χ4v) is 4.37. The van der Waals surface area contributed by atoms with Crippen molar-refractivity contribution < 1.29 is 9.53 Å². The molecular formula is C24H29N5O2S. The van der Waals surface area contributed by atoms with Crippen molar-refractivity contribution in [2.24, 2.45) is 0 Å². The van der Waals surface area contributed by atoms with Crippen LogP contribution in [-0.4, -0.2) is 52.2 Å². The van der Waals surface area contributed by atoms with Gasteiger partial charge in [-0.2, -0.15) is 0 Å². The number of aryl methyl sites for hydroxylation is 2. The number of anilines is 2. The molecule has 2 heterocycles. The van der Waals surface area contributed by atoms with Gasteiger partial charge in [0, 0.05) is 18.8 Å². The minimum Gasteiger partial charge on any atom is -0.378 e. The normalized spacial score (nSPS) is 14.9. The Kier molecular flexibility index (Phi) is 7.12. The number of morpholine rings is 1. The van der Waals surface area contributed by atoms with Gasteiger partial charge in [0.25, 0.3) is 0 Å². The first-order valence-electron chi connectivity index (χ1n) is 11.0. The lowest BCUT2D eigenvalue weighted by Gasteiger charge is -2.28. The van der Waals surface area contributed by atoms with Crippen LogP contribution in [0.15, 0.2) is 53.7 Å². The van der Waals surface area contributed by atoms with E-state index in [1.165, 1.54) is 22.9 Å². The standard InChI is InChI=1S/C24H29N5O2S/c1-4-19-7-9-20(10-8-19)25-22(30)18(3)32-24-27-26-23(28-13-15-31-16-14-28)29(24)21-11-5-17(2)6-12-21/h5-12,18H,4,13-16H2,1-3H3,(H,25,30). The second kappa shape index (κ2) is 10.2. The maximum absolute atomic E-state index is 12.9.